The lowest BCUT2D eigenvalue weighted by Crippen LogP contribution is -2.11. The van der Waals surface area contributed by atoms with Gasteiger partial charge in [-0.3, -0.25) is 9.89 Å². The number of halogens is 1. The highest BCUT2D eigenvalue weighted by atomic mass is 35.5. The van der Waals surface area contributed by atoms with Crippen LogP contribution in [0.25, 0.3) is 17.1 Å². The molecule has 2 aromatic carbocycles. The van der Waals surface area contributed by atoms with E-state index < -0.39 is 0 Å². The first kappa shape index (κ1) is 17.6. The second-order valence-electron chi connectivity index (χ2n) is 7.00. The van der Waals surface area contributed by atoms with Gasteiger partial charge in [0.2, 0.25) is 0 Å². The summed E-state index contributed by atoms with van der Waals surface area (Å²) >= 11 is 5.91. The summed E-state index contributed by atoms with van der Waals surface area (Å²) in [6.45, 7) is 0. The van der Waals surface area contributed by atoms with Gasteiger partial charge in [0, 0.05) is 28.4 Å². The van der Waals surface area contributed by atoms with Crippen molar-refractivity contribution in [2.45, 2.75) is 18.8 Å². The Morgan fingerprint density at radius 3 is 2.59 bits per heavy atom. The molecule has 0 spiro atoms. The Kier molecular flexibility index (Phi) is 4.37. The molecule has 0 aliphatic heterocycles. The molecule has 2 aromatic heterocycles. The molecule has 5 rings (SSSR count). The third-order valence-electron chi connectivity index (χ3n) is 4.80. The zero-order valence-corrected chi connectivity index (χ0v) is 16.1. The Hall–Kier alpha value is -3.45. The number of hydrogen-bond acceptors (Lipinski definition) is 4. The quantitative estimate of drug-likeness (QED) is 0.514. The van der Waals surface area contributed by atoms with Crippen LogP contribution in [0, 0.1) is 0 Å². The van der Waals surface area contributed by atoms with Crippen molar-refractivity contribution in [1.82, 2.24) is 25.0 Å². The van der Waals surface area contributed by atoms with Gasteiger partial charge in [-0.05, 0) is 61.4 Å². The van der Waals surface area contributed by atoms with Crippen molar-refractivity contribution >= 4 is 23.2 Å². The Morgan fingerprint density at radius 1 is 1.10 bits per heavy atom. The van der Waals surface area contributed by atoms with Gasteiger partial charge in [0.05, 0.1) is 17.4 Å². The molecule has 1 aliphatic rings. The van der Waals surface area contributed by atoms with Crippen LogP contribution in [0.3, 0.4) is 0 Å². The molecule has 8 heteroatoms. The van der Waals surface area contributed by atoms with Gasteiger partial charge < -0.3 is 5.32 Å². The number of carbonyl (C=O) groups is 1. The highest BCUT2D eigenvalue weighted by molar-refractivity contribution is 6.30. The SMILES string of the molecule is O=C(Nc1ccc(-c2n[nH]c(C3CC3)n2)cc1)c1cnn(-c2ccc(Cl)cc2)c1. The summed E-state index contributed by atoms with van der Waals surface area (Å²) in [5.41, 5.74) is 2.89. The molecule has 7 nitrogen and oxygen atoms in total. The molecule has 29 heavy (non-hydrogen) atoms. The molecule has 0 bridgehead atoms. The summed E-state index contributed by atoms with van der Waals surface area (Å²) in [4.78, 5) is 17.1. The molecular formula is C21H17ClN6O. The van der Waals surface area contributed by atoms with Crippen molar-refractivity contribution in [1.29, 1.82) is 0 Å². The van der Waals surface area contributed by atoms with E-state index in [-0.39, 0.29) is 5.91 Å². The summed E-state index contributed by atoms with van der Waals surface area (Å²) < 4.78 is 1.63. The normalized spacial score (nSPS) is 13.4. The number of amides is 1. The predicted molar refractivity (Wildman–Crippen MR) is 110 cm³/mol. The number of hydrogen-bond donors (Lipinski definition) is 2. The first-order valence-corrected chi connectivity index (χ1v) is 9.68. The highest BCUT2D eigenvalue weighted by Gasteiger charge is 2.27. The van der Waals surface area contributed by atoms with Crippen molar-refractivity contribution in [3.8, 4) is 17.1 Å². The Labute approximate surface area is 171 Å². The fourth-order valence-electron chi connectivity index (χ4n) is 3.02. The molecule has 0 radical (unpaired) electrons. The highest BCUT2D eigenvalue weighted by Crippen LogP contribution is 2.38. The molecule has 1 aliphatic carbocycles. The third kappa shape index (κ3) is 3.77. The number of H-pyrrole nitrogens is 1. The first-order valence-electron chi connectivity index (χ1n) is 9.30. The summed E-state index contributed by atoms with van der Waals surface area (Å²) in [6.07, 6.45) is 5.56. The van der Waals surface area contributed by atoms with E-state index in [9.17, 15) is 4.79 Å². The van der Waals surface area contributed by atoms with E-state index in [4.69, 9.17) is 11.6 Å². The fourth-order valence-corrected chi connectivity index (χ4v) is 3.15. The van der Waals surface area contributed by atoms with Crippen LogP contribution in [0.5, 0.6) is 0 Å². The number of aromatic amines is 1. The van der Waals surface area contributed by atoms with E-state index >= 15 is 0 Å². The fraction of sp³-hybridized carbons (Fsp3) is 0.143. The molecule has 4 aromatic rings. The predicted octanol–water partition coefficient (Wildman–Crippen LogP) is 4.44. The van der Waals surface area contributed by atoms with Crippen LogP contribution in [0.4, 0.5) is 5.69 Å². The summed E-state index contributed by atoms with van der Waals surface area (Å²) in [5, 5.41) is 15.1. The maximum absolute atomic E-state index is 12.5. The van der Waals surface area contributed by atoms with E-state index in [1.54, 1.807) is 23.0 Å². The summed E-state index contributed by atoms with van der Waals surface area (Å²) in [6, 6.07) is 14.7. The summed E-state index contributed by atoms with van der Waals surface area (Å²) in [5.74, 6) is 1.93. The molecule has 0 saturated heterocycles. The minimum absolute atomic E-state index is 0.230. The molecule has 2 N–H and O–H groups in total. The van der Waals surface area contributed by atoms with Crippen molar-refractivity contribution in [2.24, 2.45) is 0 Å². The van der Waals surface area contributed by atoms with E-state index in [1.165, 1.54) is 19.0 Å². The molecular weight excluding hydrogens is 388 g/mol. The molecule has 1 saturated carbocycles. The van der Waals surface area contributed by atoms with Gasteiger partial charge in [-0.2, -0.15) is 10.2 Å². The van der Waals surface area contributed by atoms with Gasteiger partial charge in [-0.1, -0.05) is 11.6 Å². The molecule has 1 fully saturated rings. The topological polar surface area (TPSA) is 88.5 Å². The van der Waals surface area contributed by atoms with Crippen LogP contribution in [-0.4, -0.2) is 30.9 Å². The van der Waals surface area contributed by atoms with Crippen LogP contribution in [-0.2, 0) is 0 Å². The van der Waals surface area contributed by atoms with Crippen molar-refractivity contribution in [3.05, 3.63) is 77.3 Å². The number of benzene rings is 2. The number of carbonyl (C=O) groups excluding carboxylic acids is 1. The second kappa shape index (κ2) is 7.18. The maximum atomic E-state index is 12.5. The van der Waals surface area contributed by atoms with Gasteiger partial charge in [-0.25, -0.2) is 9.67 Å². The Morgan fingerprint density at radius 2 is 1.86 bits per heavy atom. The van der Waals surface area contributed by atoms with Crippen LogP contribution in [0.15, 0.2) is 60.9 Å². The van der Waals surface area contributed by atoms with Gasteiger partial charge >= 0.3 is 0 Å². The van der Waals surface area contributed by atoms with Crippen molar-refractivity contribution < 1.29 is 4.79 Å². The van der Waals surface area contributed by atoms with Crippen molar-refractivity contribution in [3.63, 3.8) is 0 Å². The lowest BCUT2D eigenvalue weighted by Gasteiger charge is -2.04. The molecule has 0 atom stereocenters. The van der Waals surface area contributed by atoms with Crippen LogP contribution in [0.1, 0.15) is 34.9 Å². The number of rotatable bonds is 5. The first-order chi connectivity index (χ1) is 14.2. The monoisotopic (exact) mass is 404 g/mol. The molecule has 2 heterocycles. The average molecular weight is 405 g/mol. The zero-order chi connectivity index (χ0) is 19.8. The molecule has 144 valence electrons. The number of aromatic nitrogens is 5. The lowest BCUT2D eigenvalue weighted by molar-refractivity contribution is 0.102. The third-order valence-corrected chi connectivity index (χ3v) is 5.06. The largest absolute Gasteiger partial charge is 0.322 e. The van der Waals surface area contributed by atoms with Crippen LogP contribution < -0.4 is 5.32 Å². The smallest absolute Gasteiger partial charge is 0.258 e. The molecule has 1 amide bonds. The number of nitrogens with one attached hydrogen (secondary N) is 2. The number of nitrogens with zero attached hydrogens (tertiary/aromatic N) is 4. The van der Waals surface area contributed by atoms with Gasteiger partial charge in [0.1, 0.15) is 5.82 Å². The van der Waals surface area contributed by atoms with Gasteiger partial charge in [-0.15, -0.1) is 0 Å². The van der Waals surface area contributed by atoms with E-state index in [2.05, 4.69) is 25.6 Å². The second-order valence-corrected chi connectivity index (χ2v) is 7.44. The standard InChI is InChI=1S/C21H17ClN6O/c22-16-5-9-18(10-6-16)28-12-15(11-23-28)21(29)24-17-7-3-14(4-8-17)20-25-19(26-27-20)13-1-2-13/h3-13H,1-2H2,(H,24,29)(H,25,26,27). The number of anilines is 1. The van der Waals surface area contributed by atoms with Gasteiger partial charge in [0.25, 0.3) is 5.91 Å². The van der Waals surface area contributed by atoms with Gasteiger partial charge in [0.15, 0.2) is 5.82 Å². The lowest BCUT2D eigenvalue weighted by atomic mass is 10.2. The minimum atomic E-state index is -0.230. The van der Waals surface area contributed by atoms with Crippen LogP contribution in [0.2, 0.25) is 5.02 Å². The van der Waals surface area contributed by atoms with E-state index in [0.29, 0.717) is 28.0 Å². The van der Waals surface area contributed by atoms with E-state index in [0.717, 1.165) is 17.1 Å². The molecule has 0 unspecified atom stereocenters. The zero-order valence-electron chi connectivity index (χ0n) is 15.3. The minimum Gasteiger partial charge on any atom is -0.322 e. The Bertz CT molecular complexity index is 1160. The average Bonchev–Trinajstić information content (AvgIpc) is 3.26. The van der Waals surface area contributed by atoms with Crippen molar-refractivity contribution in [2.75, 3.05) is 5.32 Å². The maximum Gasteiger partial charge on any atom is 0.258 e. The summed E-state index contributed by atoms with van der Waals surface area (Å²) in [7, 11) is 0. The van der Waals surface area contributed by atoms with Crippen LogP contribution >= 0.6 is 11.6 Å². The van der Waals surface area contributed by atoms with E-state index in [1.807, 2.05) is 36.4 Å². The Balaban J connectivity index is 1.27.